The van der Waals surface area contributed by atoms with Gasteiger partial charge in [-0.25, -0.2) is 9.97 Å². The minimum absolute atomic E-state index is 0.600. The highest BCUT2D eigenvalue weighted by Crippen LogP contribution is 2.40. The predicted molar refractivity (Wildman–Crippen MR) is 170 cm³/mol. The highest BCUT2D eigenvalue weighted by atomic mass is 16.5. The molecular formula is C37H27N3O. The molecule has 2 aromatic heterocycles. The highest BCUT2D eigenvalue weighted by molar-refractivity contribution is 6.10. The zero-order chi connectivity index (χ0) is 27.9. The molecule has 0 spiro atoms. The van der Waals surface area contributed by atoms with E-state index in [1.807, 2.05) is 49.4 Å². The van der Waals surface area contributed by atoms with Crippen molar-refractivity contribution in [3.05, 3.63) is 145 Å². The van der Waals surface area contributed by atoms with Crippen LogP contribution in [0.5, 0.6) is 11.5 Å². The maximum atomic E-state index is 6.48. The molecular weight excluding hydrogens is 502 g/mol. The fraction of sp³-hybridized carbons (Fsp3) is 0.0270. The van der Waals surface area contributed by atoms with Gasteiger partial charge in [0, 0.05) is 45.2 Å². The first-order chi connectivity index (χ1) is 20.1. The van der Waals surface area contributed by atoms with E-state index in [0.29, 0.717) is 5.82 Å². The molecule has 0 atom stereocenters. The molecule has 4 aromatic carbocycles. The first-order valence-electron chi connectivity index (χ1n) is 13.6. The Bertz CT molecular complexity index is 2060. The number of allylic oxidation sites excluding steroid dienone is 4. The van der Waals surface area contributed by atoms with E-state index in [1.165, 1.54) is 0 Å². The van der Waals surface area contributed by atoms with Crippen LogP contribution in [0.15, 0.2) is 128 Å². The summed E-state index contributed by atoms with van der Waals surface area (Å²) in [6.07, 6.45) is 7.85. The van der Waals surface area contributed by atoms with Gasteiger partial charge in [0.1, 0.15) is 17.3 Å². The fourth-order valence-corrected chi connectivity index (χ4v) is 5.45. The minimum atomic E-state index is 0.600. The van der Waals surface area contributed by atoms with Crippen molar-refractivity contribution in [3.8, 4) is 28.6 Å². The van der Waals surface area contributed by atoms with Crippen LogP contribution in [-0.4, -0.2) is 14.5 Å². The predicted octanol–water partition coefficient (Wildman–Crippen LogP) is 9.66. The number of benzene rings is 4. The number of fused-ring (bicyclic) bond motifs is 5. The Kier molecular flexibility index (Phi) is 5.94. The van der Waals surface area contributed by atoms with Crippen molar-refractivity contribution in [3.63, 3.8) is 0 Å². The molecule has 4 heteroatoms. The summed E-state index contributed by atoms with van der Waals surface area (Å²) in [5.74, 6) is 3.00. The molecule has 0 bridgehead atoms. The number of nitrogens with zero attached hydrogens (tertiary/aromatic N) is 3. The van der Waals surface area contributed by atoms with Gasteiger partial charge in [0.15, 0.2) is 5.82 Å². The Balaban J connectivity index is 1.54. The van der Waals surface area contributed by atoms with Crippen molar-refractivity contribution < 1.29 is 4.74 Å². The SMILES string of the molecule is C=CC(C)=C(C=C)c1nc(-c2ccccc2)cc(-n2c3ccccc3c3cc4c(cc32)Oc2ccccc2C=C4)n1. The van der Waals surface area contributed by atoms with Gasteiger partial charge in [-0.15, -0.1) is 0 Å². The maximum Gasteiger partial charge on any atom is 0.162 e. The molecule has 1 aliphatic rings. The number of rotatable bonds is 5. The summed E-state index contributed by atoms with van der Waals surface area (Å²) in [4.78, 5) is 10.1. The molecule has 0 unspecified atom stereocenters. The van der Waals surface area contributed by atoms with Crippen LogP contribution in [-0.2, 0) is 0 Å². The van der Waals surface area contributed by atoms with Crippen LogP contribution in [0.1, 0.15) is 23.9 Å². The average Bonchev–Trinajstić information content (AvgIpc) is 3.21. The van der Waals surface area contributed by atoms with Crippen molar-refractivity contribution in [2.24, 2.45) is 0 Å². The Morgan fingerprint density at radius 3 is 2.29 bits per heavy atom. The van der Waals surface area contributed by atoms with Crippen LogP contribution in [0.4, 0.5) is 0 Å². The van der Waals surface area contributed by atoms with E-state index in [0.717, 1.165) is 72.7 Å². The standard InChI is InChI=1S/C37H27N3O/c1-4-24(3)28(5-2)37-38-31(25-13-7-6-8-14-25)22-36(39-37)40-32-17-11-10-16-29(32)30-21-27-20-19-26-15-9-12-18-34(26)41-35(27)23-33(30)40/h4-23H,1-2H2,3H3. The largest absolute Gasteiger partial charge is 0.456 e. The molecule has 0 amide bonds. The van der Waals surface area contributed by atoms with E-state index in [1.54, 1.807) is 6.08 Å². The summed E-state index contributed by atoms with van der Waals surface area (Å²) in [7, 11) is 0. The van der Waals surface area contributed by atoms with Gasteiger partial charge in [0.2, 0.25) is 0 Å². The van der Waals surface area contributed by atoms with E-state index in [2.05, 4.69) is 90.5 Å². The molecule has 7 rings (SSSR count). The van der Waals surface area contributed by atoms with Gasteiger partial charge in [-0.3, -0.25) is 4.57 Å². The monoisotopic (exact) mass is 529 g/mol. The third kappa shape index (κ3) is 4.17. The number of aromatic nitrogens is 3. The maximum absolute atomic E-state index is 6.48. The molecule has 3 heterocycles. The highest BCUT2D eigenvalue weighted by Gasteiger charge is 2.20. The minimum Gasteiger partial charge on any atom is -0.456 e. The summed E-state index contributed by atoms with van der Waals surface area (Å²) in [6, 6.07) is 33.1. The molecule has 0 fully saturated rings. The van der Waals surface area contributed by atoms with Crippen molar-refractivity contribution in [1.82, 2.24) is 14.5 Å². The zero-order valence-corrected chi connectivity index (χ0v) is 22.7. The van der Waals surface area contributed by atoms with Crippen molar-refractivity contribution >= 4 is 39.5 Å². The second-order valence-corrected chi connectivity index (χ2v) is 10.0. The molecule has 1 aliphatic heterocycles. The molecule has 6 aromatic rings. The zero-order valence-electron chi connectivity index (χ0n) is 22.7. The molecule has 0 N–H and O–H groups in total. The van der Waals surface area contributed by atoms with Crippen LogP contribution >= 0.6 is 0 Å². The van der Waals surface area contributed by atoms with Gasteiger partial charge in [-0.1, -0.05) is 104 Å². The van der Waals surface area contributed by atoms with E-state index >= 15 is 0 Å². The van der Waals surface area contributed by atoms with Gasteiger partial charge in [-0.2, -0.15) is 0 Å². The topological polar surface area (TPSA) is 39.9 Å². The summed E-state index contributed by atoms with van der Waals surface area (Å²) in [5, 5.41) is 2.27. The first kappa shape index (κ1) is 24.6. The summed E-state index contributed by atoms with van der Waals surface area (Å²) in [5.41, 5.74) is 7.79. The van der Waals surface area contributed by atoms with Crippen LogP contribution in [0.3, 0.4) is 0 Å². The first-order valence-corrected chi connectivity index (χ1v) is 13.6. The van der Waals surface area contributed by atoms with Crippen molar-refractivity contribution in [2.45, 2.75) is 6.92 Å². The van der Waals surface area contributed by atoms with Gasteiger partial charge in [0.25, 0.3) is 0 Å². The van der Waals surface area contributed by atoms with Crippen molar-refractivity contribution in [2.75, 3.05) is 0 Å². The Morgan fingerprint density at radius 2 is 1.46 bits per heavy atom. The van der Waals surface area contributed by atoms with Gasteiger partial charge >= 0.3 is 0 Å². The van der Waals surface area contributed by atoms with E-state index in [-0.39, 0.29) is 0 Å². The van der Waals surface area contributed by atoms with Gasteiger partial charge in [-0.05, 0) is 30.7 Å². The smallest absolute Gasteiger partial charge is 0.162 e. The molecule has 0 radical (unpaired) electrons. The summed E-state index contributed by atoms with van der Waals surface area (Å²) in [6.45, 7) is 10.0. The second-order valence-electron chi connectivity index (χ2n) is 10.0. The van der Waals surface area contributed by atoms with Crippen LogP contribution in [0, 0.1) is 0 Å². The lowest BCUT2D eigenvalue weighted by Gasteiger charge is -2.14. The number of hydrogen-bond donors (Lipinski definition) is 0. The lowest BCUT2D eigenvalue weighted by molar-refractivity contribution is 0.482. The van der Waals surface area contributed by atoms with Gasteiger partial charge < -0.3 is 4.74 Å². The normalized spacial score (nSPS) is 12.7. The molecule has 0 saturated carbocycles. The van der Waals surface area contributed by atoms with E-state index in [9.17, 15) is 0 Å². The summed E-state index contributed by atoms with van der Waals surface area (Å²) < 4.78 is 8.68. The third-order valence-electron chi connectivity index (χ3n) is 7.57. The number of hydrogen-bond acceptors (Lipinski definition) is 3. The lowest BCUT2D eigenvalue weighted by Crippen LogP contribution is -2.05. The molecule has 4 nitrogen and oxygen atoms in total. The van der Waals surface area contributed by atoms with Crippen LogP contribution in [0.2, 0.25) is 0 Å². The van der Waals surface area contributed by atoms with Crippen molar-refractivity contribution in [1.29, 1.82) is 0 Å². The van der Waals surface area contributed by atoms with Crippen LogP contribution < -0.4 is 4.74 Å². The number of ether oxygens (including phenoxy) is 1. The Morgan fingerprint density at radius 1 is 0.707 bits per heavy atom. The third-order valence-corrected chi connectivity index (χ3v) is 7.57. The fourth-order valence-electron chi connectivity index (χ4n) is 5.45. The van der Waals surface area contributed by atoms with Crippen LogP contribution in [0.25, 0.3) is 56.6 Å². The van der Waals surface area contributed by atoms with Gasteiger partial charge in [0.05, 0.1) is 16.7 Å². The van der Waals surface area contributed by atoms with E-state index in [4.69, 9.17) is 14.7 Å². The quantitative estimate of drug-likeness (QED) is 0.208. The Labute approximate surface area is 238 Å². The second kappa shape index (κ2) is 9.92. The Hall–Kier alpha value is -5.48. The number of para-hydroxylation sites is 2. The lowest BCUT2D eigenvalue weighted by atomic mass is 10.1. The molecule has 0 aliphatic carbocycles. The molecule has 0 saturated heterocycles. The van der Waals surface area contributed by atoms with E-state index < -0.39 is 0 Å². The molecule has 41 heavy (non-hydrogen) atoms. The summed E-state index contributed by atoms with van der Waals surface area (Å²) >= 11 is 0. The molecule has 196 valence electrons. The average molecular weight is 530 g/mol.